The van der Waals surface area contributed by atoms with E-state index in [1.807, 2.05) is 18.3 Å². The smallest absolute Gasteiger partial charge is 0.222 e. The summed E-state index contributed by atoms with van der Waals surface area (Å²) >= 11 is 0. The van der Waals surface area contributed by atoms with Crippen molar-refractivity contribution in [1.29, 1.82) is 0 Å². The van der Waals surface area contributed by atoms with E-state index in [-0.39, 0.29) is 17.7 Å². The zero-order valence-electron chi connectivity index (χ0n) is 18.5. The third-order valence-electron chi connectivity index (χ3n) is 6.43. The number of nitrogens with one attached hydrogen (secondary N) is 1. The summed E-state index contributed by atoms with van der Waals surface area (Å²) in [7, 11) is 1.78. The van der Waals surface area contributed by atoms with E-state index >= 15 is 0 Å². The second-order valence-electron chi connectivity index (χ2n) is 8.48. The first kappa shape index (κ1) is 20.5. The summed E-state index contributed by atoms with van der Waals surface area (Å²) in [5, 5.41) is 4.00. The zero-order chi connectivity index (χ0) is 23.2. The Morgan fingerprint density at radius 3 is 2.65 bits per heavy atom. The number of benzene rings is 2. The minimum absolute atomic E-state index is 0.110. The normalized spacial score (nSPS) is 15.1. The minimum Gasteiger partial charge on any atom is -0.357 e. The van der Waals surface area contributed by atoms with Crippen molar-refractivity contribution in [3.05, 3.63) is 84.4 Å². The highest BCUT2D eigenvalue weighted by atomic mass is 19.1. The van der Waals surface area contributed by atoms with Gasteiger partial charge in [0.25, 0.3) is 0 Å². The second-order valence-corrected chi connectivity index (χ2v) is 8.48. The molecular formula is C26H22F2N6. The molecule has 0 amide bonds. The van der Waals surface area contributed by atoms with Crippen LogP contribution in [-0.2, 0) is 13.0 Å². The van der Waals surface area contributed by atoms with E-state index in [9.17, 15) is 8.78 Å². The van der Waals surface area contributed by atoms with E-state index in [0.29, 0.717) is 12.5 Å². The minimum atomic E-state index is -0.291. The maximum atomic E-state index is 13.9. The molecule has 0 unspecified atom stereocenters. The quantitative estimate of drug-likeness (QED) is 0.381. The predicted molar refractivity (Wildman–Crippen MR) is 127 cm³/mol. The molecule has 6 nitrogen and oxygen atoms in total. The molecule has 5 aromatic rings. The Morgan fingerprint density at radius 2 is 1.82 bits per heavy atom. The van der Waals surface area contributed by atoms with Crippen LogP contribution in [0.1, 0.15) is 18.3 Å². The number of halogens is 2. The van der Waals surface area contributed by atoms with Crippen LogP contribution in [0.3, 0.4) is 0 Å². The third-order valence-corrected chi connectivity index (χ3v) is 6.43. The standard InChI is InChI=1S/C26H22F2N6/c1-29-26-30-12-10-21(31-26)25-24(17-3-5-18(27)6-4-17)32-23-9-8-20(34(23)25)15-33-13-11-16-2-7-19(28)14-22(16)33/h2-7,10-14,20H,8-9,15H2,1H3,(H,29,30,31)/t20-/m0/s1. The molecule has 1 aliphatic rings. The average Bonchev–Trinajstić information content (AvgIpc) is 3.54. The lowest BCUT2D eigenvalue weighted by atomic mass is 10.1. The Hall–Kier alpha value is -4.07. The second kappa shape index (κ2) is 8.06. The van der Waals surface area contributed by atoms with Crippen LogP contribution in [0.4, 0.5) is 14.7 Å². The van der Waals surface area contributed by atoms with Gasteiger partial charge in [0.2, 0.25) is 5.95 Å². The van der Waals surface area contributed by atoms with Crippen molar-refractivity contribution in [2.24, 2.45) is 0 Å². The first-order valence-corrected chi connectivity index (χ1v) is 11.2. The number of hydrogen-bond donors (Lipinski definition) is 1. The summed E-state index contributed by atoms with van der Waals surface area (Å²) in [6, 6.07) is 15.2. The fraction of sp³-hybridized carbons (Fsp3) is 0.192. The lowest BCUT2D eigenvalue weighted by Gasteiger charge is -2.19. The highest BCUT2D eigenvalue weighted by molar-refractivity contribution is 5.80. The number of imidazole rings is 1. The molecule has 6 rings (SSSR count). The van der Waals surface area contributed by atoms with E-state index in [0.717, 1.165) is 52.2 Å². The molecule has 34 heavy (non-hydrogen) atoms. The Bertz CT molecular complexity index is 1500. The molecular weight excluding hydrogens is 434 g/mol. The van der Waals surface area contributed by atoms with Gasteiger partial charge in [-0.05, 0) is 66.4 Å². The fourth-order valence-corrected chi connectivity index (χ4v) is 4.85. The van der Waals surface area contributed by atoms with E-state index in [1.54, 1.807) is 37.5 Å². The Balaban J connectivity index is 1.49. The molecule has 170 valence electrons. The van der Waals surface area contributed by atoms with Gasteiger partial charge >= 0.3 is 0 Å². The third kappa shape index (κ3) is 3.42. The van der Waals surface area contributed by atoms with E-state index < -0.39 is 0 Å². The van der Waals surface area contributed by atoms with Crippen LogP contribution in [0.15, 0.2) is 67.0 Å². The van der Waals surface area contributed by atoms with Crippen LogP contribution in [-0.4, -0.2) is 31.1 Å². The molecule has 0 bridgehead atoms. The molecule has 0 saturated heterocycles. The molecule has 0 saturated carbocycles. The molecule has 3 aromatic heterocycles. The molecule has 2 aromatic carbocycles. The van der Waals surface area contributed by atoms with Crippen molar-refractivity contribution in [3.8, 4) is 22.6 Å². The van der Waals surface area contributed by atoms with Gasteiger partial charge in [0.05, 0.1) is 28.6 Å². The molecule has 1 aliphatic heterocycles. The Labute approximate surface area is 194 Å². The van der Waals surface area contributed by atoms with Crippen molar-refractivity contribution >= 4 is 16.9 Å². The van der Waals surface area contributed by atoms with Crippen LogP contribution >= 0.6 is 0 Å². The van der Waals surface area contributed by atoms with E-state index in [4.69, 9.17) is 9.97 Å². The van der Waals surface area contributed by atoms with Crippen LogP contribution in [0.25, 0.3) is 33.5 Å². The van der Waals surface area contributed by atoms with E-state index in [1.165, 1.54) is 18.2 Å². The summed E-state index contributed by atoms with van der Waals surface area (Å²) in [4.78, 5) is 13.9. The van der Waals surface area contributed by atoms with Crippen molar-refractivity contribution in [2.75, 3.05) is 12.4 Å². The summed E-state index contributed by atoms with van der Waals surface area (Å²) in [6.07, 6.45) is 5.45. The number of hydrogen-bond acceptors (Lipinski definition) is 4. The van der Waals surface area contributed by atoms with Crippen molar-refractivity contribution in [1.82, 2.24) is 24.1 Å². The van der Waals surface area contributed by atoms with Crippen LogP contribution in [0, 0.1) is 11.6 Å². The molecule has 0 spiro atoms. The lowest BCUT2D eigenvalue weighted by molar-refractivity contribution is 0.459. The summed E-state index contributed by atoms with van der Waals surface area (Å²) in [5.41, 5.74) is 4.09. The van der Waals surface area contributed by atoms with Crippen LogP contribution in [0.5, 0.6) is 0 Å². The van der Waals surface area contributed by atoms with Gasteiger partial charge in [0, 0.05) is 38.0 Å². The zero-order valence-corrected chi connectivity index (χ0v) is 18.5. The maximum absolute atomic E-state index is 13.9. The first-order chi connectivity index (χ1) is 16.6. The lowest BCUT2D eigenvalue weighted by Crippen LogP contribution is -2.13. The Kier molecular flexibility index (Phi) is 4.86. The molecule has 4 heterocycles. The average molecular weight is 457 g/mol. The van der Waals surface area contributed by atoms with Crippen LogP contribution in [0.2, 0.25) is 0 Å². The highest BCUT2D eigenvalue weighted by Gasteiger charge is 2.31. The molecule has 0 radical (unpaired) electrons. The summed E-state index contributed by atoms with van der Waals surface area (Å²) in [6.45, 7) is 0.677. The largest absolute Gasteiger partial charge is 0.357 e. The van der Waals surface area contributed by atoms with Gasteiger partial charge in [-0.25, -0.2) is 23.7 Å². The van der Waals surface area contributed by atoms with Crippen molar-refractivity contribution in [2.45, 2.75) is 25.4 Å². The van der Waals surface area contributed by atoms with Crippen LogP contribution < -0.4 is 5.32 Å². The fourth-order valence-electron chi connectivity index (χ4n) is 4.85. The first-order valence-electron chi connectivity index (χ1n) is 11.2. The van der Waals surface area contributed by atoms with Crippen molar-refractivity contribution < 1.29 is 8.78 Å². The molecule has 0 fully saturated rings. The number of nitrogens with zero attached hydrogens (tertiary/aromatic N) is 5. The van der Waals surface area contributed by atoms with Crippen molar-refractivity contribution in [3.63, 3.8) is 0 Å². The number of anilines is 1. The van der Waals surface area contributed by atoms with Gasteiger partial charge in [0.15, 0.2) is 0 Å². The Morgan fingerprint density at radius 1 is 1.00 bits per heavy atom. The van der Waals surface area contributed by atoms with Gasteiger partial charge in [-0.2, -0.15) is 0 Å². The van der Waals surface area contributed by atoms with Gasteiger partial charge in [0.1, 0.15) is 17.5 Å². The molecule has 1 N–H and O–H groups in total. The number of aryl methyl sites for hydroxylation is 1. The maximum Gasteiger partial charge on any atom is 0.222 e. The SMILES string of the molecule is CNc1nccc(-c2c(-c3ccc(F)cc3)nc3n2[C@H](Cn2ccc4ccc(F)cc42)CC3)n1. The topological polar surface area (TPSA) is 60.6 Å². The molecule has 1 atom stereocenters. The predicted octanol–water partition coefficient (Wildman–Crippen LogP) is 5.47. The van der Waals surface area contributed by atoms with E-state index in [2.05, 4.69) is 19.4 Å². The number of aromatic nitrogens is 5. The van der Waals surface area contributed by atoms with Gasteiger partial charge in [-0.15, -0.1) is 0 Å². The number of rotatable bonds is 5. The summed E-state index contributed by atoms with van der Waals surface area (Å²) in [5.74, 6) is 0.939. The molecule has 8 heteroatoms. The van der Waals surface area contributed by atoms with Gasteiger partial charge < -0.3 is 14.5 Å². The van der Waals surface area contributed by atoms with Gasteiger partial charge in [-0.3, -0.25) is 0 Å². The summed E-state index contributed by atoms with van der Waals surface area (Å²) < 4.78 is 31.9. The molecule has 0 aliphatic carbocycles. The van der Waals surface area contributed by atoms with Gasteiger partial charge in [-0.1, -0.05) is 0 Å². The number of fused-ring (bicyclic) bond motifs is 2. The highest BCUT2D eigenvalue weighted by Crippen LogP contribution is 2.40. The monoisotopic (exact) mass is 456 g/mol.